The molecule has 1 amide bonds. The summed E-state index contributed by atoms with van der Waals surface area (Å²) in [5.41, 5.74) is 0. The molecule has 76 valence electrons. The Kier molecular flexibility index (Phi) is 4.06. The van der Waals surface area contributed by atoms with E-state index >= 15 is 0 Å². The molecule has 0 bridgehead atoms. The van der Waals surface area contributed by atoms with Gasteiger partial charge in [-0.2, -0.15) is 0 Å². The summed E-state index contributed by atoms with van der Waals surface area (Å²) in [4.78, 5) is 13.6. The molecule has 0 unspecified atom stereocenters. The summed E-state index contributed by atoms with van der Waals surface area (Å²) < 4.78 is 2.30. The smallest absolute Gasteiger partial charge is 0.225 e. The predicted octanol–water partition coefficient (Wildman–Crippen LogP) is 1.06. The van der Waals surface area contributed by atoms with Crippen LogP contribution in [0.25, 0.3) is 0 Å². The van der Waals surface area contributed by atoms with Gasteiger partial charge in [-0.3, -0.25) is 4.79 Å². The lowest BCUT2D eigenvalue weighted by atomic mass is 10.2. The first-order valence-electron chi connectivity index (χ1n) is 4.73. The molecular weight excluding hydrogens is 184 g/mol. The van der Waals surface area contributed by atoms with E-state index in [-0.39, 0.29) is 5.92 Å². The topological polar surface area (TPSA) is 23.6 Å². The van der Waals surface area contributed by atoms with Crippen molar-refractivity contribution in [1.82, 2.24) is 9.21 Å². The summed E-state index contributed by atoms with van der Waals surface area (Å²) in [7, 11) is 0. The average molecular weight is 202 g/mol. The molecule has 1 aliphatic rings. The van der Waals surface area contributed by atoms with E-state index < -0.39 is 0 Å². The average Bonchev–Trinajstić information content (AvgIpc) is 2.17. The summed E-state index contributed by atoms with van der Waals surface area (Å²) in [5, 5.41) is 0. The van der Waals surface area contributed by atoms with Crippen LogP contribution in [-0.2, 0) is 4.79 Å². The Balaban J connectivity index is 2.36. The molecule has 1 fully saturated rings. The van der Waals surface area contributed by atoms with Crippen LogP contribution in [0.4, 0.5) is 0 Å². The van der Waals surface area contributed by atoms with Crippen molar-refractivity contribution in [3.05, 3.63) is 0 Å². The Morgan fingerprint density at radius 2 is 1.77 bits per heavy atom. The summed E-state index contributed by atoms with van der Waals surface area (Å²) in [6.45, 7) is 7.70. The van der Waals surface area contributed by atoms with E-state index in [1.165, 1.54) is 0 Å². The molecule has 13 heavy (non-hydrogen) atoms. The van der Waals surface area contributed by atoms with Gasteiger partial charge in [-0.1, -0.05) is 25.8 Å². The largest absolute Gasteiger partial charge is 0.340 e. The molecule has 1 rings (SSSR count). The quantitative estimate of drug-likeness (QED) is 0.626. The van der Waals surface area contributed by atoms with Gasteiger partial charge in [0.05, 0.1) is 0 Å². The van der Waals surface area contributed by atoms with Crippen LogP contribution in [0.15, 0.2) is 0 Å². The molecule has 1 saturated heterocycles. The molecule has 0 aromatic carbocycles. The number of hydrogen-bond donors (Lipinski definition) is 0. The molecule has 4 heteroatoms. The Morgan fingerprint density at radius 3 is 2.15 bits per heavy atom. The first kappa shape index (κ1) is 10.9. The van der Waals surface area contributed by atoms with Gasteiger partial charge in [-0.15, -0.1) is 0 Å². The maximum Gasteiger partial charge on any atom is 0.225 e. The van der Waals surface area contributed by atoms with E-state index in [4.69, 9.17) is 0 Å². The maximum atomic E-state index is 11.6. The minimum atomic E-state index is 0.140. The third kappa shape index (κ3) is 2.88. The molecule has 0 aromatic rings. The van der Waals surface area contributed by atoms with Gasteiger partial charge in [0, 0.05) is 32.1 Å². The van der Waals surface area contributed by atoms with Gasteiger partial charge in [0.2, 0.25) is 5.91 Å². The van der Waals surface area contributed by atoms with Crippen molar-refractivity contribution in [3.63, 3.8) is 0 Å². The van der Waals surface area contributed by atoms with Gasteiger partial charge in [0.25, 0.3) is 0 Å². The van der Waals surface area contributed by atoms with Gasteiger partial charge in [0.15, 0.2) is 0 Å². The van der Waals surface area contributed by atoms with Crippen molar-refractivity contribution in [1.29, 1.82) is 0 Å². The summed E-state index contributed by atoms with van der Waals surface area (Å²) in [6.07, 6.45) is 2.08. The van der Waals surface area contributed by atoms with Crippen LogP contribution in [0.5, 0.6) is 0 Å². The SMILES string of the molecule is CSN1CCN(C(=O)C(C)C)CC1. The fourth-order valence-electron chi connectivity index (χ4n) is 1.46. The molecule has 1 aliphatic heterocycles. The van der Waals surface area contributed by atoms with Crippen molar-refractivity contribution < 1.29 is 4.79 Å². The zero-order valence-corrected chi connectivity index (χ0v) is 9.43. The van der Waals surface area contributed by atoms with Crippen molar-refractivity contribution in [2.45, 2.75) is 13.8 Å². The molecule has 1 heterocycles. The molecule has 0 N–H and O–H groups in total. The fraction of sp³-hybridized carbons (Fsp3) is 0.889. The molecule has 0 aromatic heterocycles. The third-order valence-corrected chi connectivity index (χ3v) is 3.18. The van der Waals surface area contributed by atoms with Crippen LogP contribution in [0.2, 0.25) is 0 Å². The number of hydrogen-bond acceptors (Lipinski definition) is 3. The first-order chi connectivity index (χ1) is 6.15. The van der Waals surface area contributed by atoms with Gasteiger partial charge in [0.1, 0.15) is 0 Å². The van der Waals surface area contributed by atoms with E-state index in [9.17, 15) is 4.79 Å². The minimum Gasteiger partial charge on any atom is -0.340 e. The molecule has 0 spiro atoms. The number of rotatable bonds is 2. The van der Waals surface area contributed by atoms with Crippen molar-refractivity contribution in [2.24, 2.45) is 5.92 Å². The summed E-state index contributed by atoms with van der Waals surface area (Å²) in [6, 6.07) is 0. The van der Waals surface area contributed by atoms with E-state index in [2.05, 4.69) is 10.6 Å². The van der Waals surface area contributed by atoms with E-state index in [0.29, 0.717) is 5.91 Å². The van der Waals surface area contributed by atoms with E-state index in [1.54, 1.807) is 11.9 Å². The molecule has 0 atom stereocenters. The standard InChI is InChI=1S/C9H18N2OS/c1-8(2)9(12)10-4-6-11(13-3)7-5-10/h8H,4-7H2,1-3H3. The Morgan fingerprint density at radius 1 is 1.23 bits per heavy atom. The van der Waals surface area contributed by atoms with Crippen molar-refractivity contribution in [3.8, 4) is 0 Å². The Hall–Kier alpha value is -0.220. The zero-order valence-electron chi connectivity index (χ0n) is 8.62. The van der Waals surface area contributed by atoms with Gasteiger partial charge in [-0.25, -0.2) is 4.31 Å². The lowest BCUT2D eigenvalue weighted by Crippen LogP contribution is -2.47. The first-order valence-corrected chi connectivity index (χ1v) is 5.91. The highest BCUT2D eigenvalue weighted by Crippen LogP contribution is 2.11. The fourth-order valence-corrected chi connectivity index (χ4v) is 1.98. The number of carbonyl (C=O) groups excluding carboxylic acids is 1. The van der Waals surface area contributed by atoms with Crippen LogP contribution < -0.4 is 0 Å². The molecular formula is C9H18N2OS. The van der Waals surface area contributed by atoms with Crippen LogP contribution in [-0.4, -0.2) is 47.5 Å². The Bertz CT molecular complexity index is 176. The normalized spacial score (nSPS) is 19.5. The van der Waals surface area contributed by atoms with E-state index in [1.807, 2.05) is 18.7 Å². The number of amides is 1. The van der Waals surface area contributed by atoms with Gasteiger partial charge in [-0.05, 0) is 6.26 Å². The predicted molar refractivity (Wildman–Crippen MR) is 56.5 cm³/mol. The second-order valence-corrected chi connectivity index (χ2v) is 4.47. The maximum absolute atomic E-state index is 11.6. The van der Waals surface area contributed by atoms with Crippen LogP contribution >= 0.6 is 11.9 Å². The lowest BCUT2D eigenvalue weighted by Gasteiger charge is -2.34. The number of carbonyl (C=O) groups is 1. The van der Waals surface area contributed by atoms with E-state index in [0.717, 1.165) is 26.2 Å². The molecule has 0 aliphatic carbocycles. The van der Waals surface area contributed by atoms with Gasteiger partial charge < -0.3 is 4.90 Å². The zero-order chi connectivity index (χ0) is 9.84. The Labute approximate surface area is 84.6 Å². The summed E-state index contributed by atoms with van der Waals surface area (Å²) >= 11 is 1.76. The lowest BCUT2D eigenvalue weighted by molar-refractivity contribution is -0.135. The second-order valence-electron chi connectivity index (χ2n) is 3.59. The van der Waals surface area contributed by atoms with Crippen molar-refractivity contribution >= 4 is 17.9 Å². The van der Waals surface area contributed by atoms with Crippen LogP contribution in [0.3, 0.4) is 0 Å². The number of nitrogens with zero attached hydrogens (tertiary/aromatic N) is 2. The third-order valence-electron chi connectivity index (χ3n) is 2.30. The highest BCUT2D eigenvalue weighted by Gasteiger charge is 2.21. The number of piperazine rings is 1. The highest BCUT2D eigenvalue weighted by atomic mass is 32.2. The minimum absolute atomic E-state index is 0.140. The second kappa shape index (κ2) is 4.86. The van der Waals surface area contributed by atoms with Crippen LogP contribution in [0.1, 0.15) is 13.8 Å². The van der Waals surface area contributed by atoms with Gasteiger partial charge >= 0.3 is 0 Å². The monoisotopic (exact) mass is 202 g/mol. The summed E-state index contributed by atoms with van der Waals surface area (Å²) in [5.74, 6) is 0.432. The highest BCUT2D eigenvalue weighted by molar-refractivity contribution is 7.96. The molecule has 3 nitrogen and oxygen atoms in total. The van der Waals surface area contributed by atoms with Crippen LogP contribution in [0, 0.1) is 5.92 Å². The molecule has 0 saturated carbocycles. The van der Waals surface area contributed by atoms with Crippen molar-refractivity contribution in [2.75, 3.05) is 32.4 Å². The molecule has 0 radical (unpaired) electrons.